The summed E-state index contributed by atoms with van der Waals surface area (Å²) in [6.07, 6.45) is 5.65. The van der Waals surface area contributed by atoms with Crippen LogP contribution in [0.5, 0.6) is 5.88 Å². The maximum absolute atomic E-state index is 5.40. The summed E-state index contributed by atoms with van der Waals surface area (Å²) in [7, 11) is 1.61. The second kappa shape index (κ2) is 4.51. The van der Waals surface area contributed by atoms with E-state index in [0.29, 0.717) is 17.6 Å². The number of H-pyrrole nitrogens is 1. The van der Waals surface area contributed by atoms with E-state index >= 15 is 0 Å². The van der Waals surface area contributed by atoms with Gasteiger partial charge in [-0.3, -0.25) is 0 Å². The summed E-state index contributed by atoms with van der Waals surface area (Å²) in [5.74, 6) is 1.64. The van der Waals surface area contributed by atoms with Crippen molar-refractivity contribution in [1.82, 2.24) is 24.9 Å². The average Bonchev–Trinajstić information content (AvgIpc) is 3.27. The predicted molar refractivity (Wildman–Crippen MR) is 78.2 cm³/mol. The summed E-state index contributed by atoms with van der Waals surface area (Å²) in [5.41, 5.74) is 4.71. The van der Waals surface area contributed by atoms with Gasteiger partial charge in [0.15, 0.2) is 5.82 Å². The lowest BCUT2D eigenvalue weighted by Gasteiger charge is -2.10. The van der Waals surface area contributed by atoms with Gasteiger partial charge in [-0.25, -0.2) is 19.9 Å². The van der Waals surface area contributed by atoms with Crippen molar-refractivity contribution in [2.45, 2.75) is 25.7 Å². The molecule has 106 valence electrons. The molecule has 4 rings (SSSR count). The van der Waals surface area contributed by atoms with Gasteiger partial charge in [-0.2, -0.15) is 0 Å². The molecule has 1 aliphatic rings. The van der Waals surface area contributed by atoms with Crippen LogP contribution in [-0.4, -0.2) is 32.0 Å². The molecule has 6 nitrogen and oxygen atoms in total. The van der Waals surface area contributed by atoms with Gasteiger partial charge in [-0.15, -0.1) is 0 Å². The third-order valence-electron chi connectivity index (χ3n) is 3.73. The van der Waals surface area contributed by atoms with Crippen molar-refractivity contribution in [3.8, 4) is 17.3 Å². The van der Waals surface area contributed by atoms with E-state index in [1.165, 1.54) is 0 Å². The number of nitrogens with zero attached hydrogens (tertiary/aromatic N) is 4. The maximum atomic E-state index is 5.40. The summed E-state index contributed by atoms with van der Waals surface area (Å²) in [5, 5.41) is 0. The van der Waals surface area contributed by atoms with Crippen molar-refractivity contribution in [2.24, 2.45) is 0 Å². The van der Waals surface area contributed by atoms with Gasteiger partial charge in [0.25, 0.3) is 0 Å². The highest BCUT2D eigenvalue weighted by atomic mass is 16.5. The first-order valence-electron chi connectivity index (χ1n) is 6.98. The number of nitrogens with one attached hydrogen (secondary N) is 1. The van der Waals surface area contributed by atoms with Crippen LogP contribution in [0.1, 0.15) is 30.1 Å². The largest absolute Gasteiger partial charge is 0.480 e. The van der Waals surface area contributed by atoms with Crippen LogP contribution in [0.25, 0.3) is 22.4 Å². The van der Waals surface area contributed by atoms with Gasteiger partial charge in [0.1, 0.15) is 11.9 Å². The molecule has 6 heteroatoms. The first kappa shape index (κ1) is 12.3. The van der Waals surface area contributed by atoms with Crippen LogP contribution in [0.2, 0.25) is 0 Å². The number of ether oxygens (including phenoxy) is 1. The fraction of sp³-hybridized carbons (Fsp3) is 0.333. The Hall–Kier alpha value is -2.50. The summed E-state index contributed by atoms with van der Waals surface area (Å²) in [4.78, 5) is 21.0. The second-order valence-electron chi connectivity index (χ2n) is 5.36. The Balaban J connectivity index is 1.94. The molecule has 3 aromatic heterocycles. The zero-order chi connectivity index (χ0) is 14.4. The number of fused-ring (bicyclic) bond motifs is 1. The highest BCUT2D eigenvalue weighted by Crippen LogP contribution is 2.44. The van der Waals surface area contributed by atoms with Crippen molar-refractivity contribution >= 4 is 11.0 Å². The quantitative estimate of drug-likeness (QED) is 0.798. The Labute approximate surface area is 121 Å². The van der Waals surface area contributed by atoms with Crippen molar-refractivity contribution in [3.05, 3.63) is 30.0 Å². The molecule has 0 aromatic carbocycles. The summed E-state index contributed by atoms with van der Waals surface area (Å²) in [6, 6.07) is 2.01. The first-order valence-corrected chi connectivity index (χ1v) is 6.98. The van der Waals surface area contributed by atoms with Crippen LogP contribution in [0, 0.1) is 6.92 Å². The SMILES string of the molecule is COc1ncnc(C2CC2)c1-c1ncc2[nH]c(C)cc2n1. The fourth-order valence-corrected chi connectivity index (χ4v) is 2.59. The van der Waals surface area contributed by atoms with Crippen molar-refractivity contribution < 1.29 is 4.74 Å². The third-order valence-corrected chi connectivity index (χ3v) is 3.73. The predicted octanol–water partition coefficient (Wildman–Crippen LogP) is 2.61. The van der Waals surface area contributed by atoms with Crippen LogP contribution >= 0.6 is 0 Å². The number of aromatic nitrogens is 5. The number of rotatable bonds is 3. The molecule has 3 aromatic rings. The van der Waals surface area contributed by atoms with Gasteiger partial charge in [-0.05, 0) is 25.8 Å². The number of hydrogen-bond acceptors (Lipinski definition) is 5. The number of aryl methyl sites for hydroxylation is 1. The minimum absolute atomic E-state index is 0.476. The molecule has 0 bridgehead atoms. The zero-order valence-electron chi connectivity index (χ0n) is 11.9. The van der Waals surface area contributed by atoms with E-state index in [-0.39, 0.29) is 0 Å². The number of hydrogen-bond donors (Lipinski definition) is 1. The van der Waals surface area contributed by atoms with E-state index in [2.05, 4.69) is 24.9 Å². The van der Waals surface area contributed by atoms with Gasteiger partial charge >= 0.3 is 0 Å². The van der Waals surface area contributed by atoms with Crippen LogP contribution in [0.4, 0.5) is 0 Å². The van der Waals surface area contributed by atoms with E-state index < -0.39 is 0 Å². The van der Waals surface area contributed by atoms with Crippen LogP contribution in [0.3, 0.4) is 0 Å². The Bertz CT molecular complexity index is 822. The first-order chi connectivity index (χ1) is 10.3. The Morgan fingerprint density at radius 2 is 2.10 bits per heavy atom. The smallest absolute Gasteiger partial charge is 0.227 e. The lowest BCUT2D eigenvalue weighted by molar-refractivity contribution is 0.397. The maximum Gasteiger partial charge on any atom is 0.227 e. The number of methoxy groups -OCH3 is 1. The molecule has 21 heavy (non-hydrogen) atoms. The van der Waals surface area contributed by atoms with E-state index in [1.807, 2.05) is 13.0 Å². The van der Waals surface area contributed by atoms with E-state index in [4.69, 9.17) is 4.74 Å². The van der Waals surface area contributed by atoms with Crippen molar-refractivity contribution in [1.29, 1.82) is 0 Å². The van der Waals surface area contributed by atoms with Crippen LogP contribution in [-0.2, 0) is 0 Å². The monoisotopic (exact) mass is 281 g/mol. The molecular formula is C15H15N5O. The summed E-state index contributed by atoms with van der Waals surface area (Å²) < 4.78 is 5.40. The van der Waals surface area contributed by atoms with E-state index in [9.17, 15) is 0 Å². The molecule has 1 fully saturated rings. The normalized spacial score (nSPS) is 14.6. The molecule has 3 heterocycles. The zero-order valence-corrected chi connectivity index (χ0v) is 11.9. The van der Waals surface area contributed by atoms with E-state index in [0.717, 1.165) is 40.8 Å². The highest BCUT2D eigenvalue weighted by molar-refractivity contribution is 5.78. The molecule has 1 aliphatic carbocycles. The Kier molecular flexibility index (Phi) is 2.63. The van der Waals surface area contributed by atoms with Crippen LogP contribution in [0.15, 0.2) is 18.6 Å². The molecule has 1 N–H and O–H groups in total. The molecular weight excluding hydrogens is 266 g/mol. The average molecular weight is 281 g/mol. The highest BCUT2D eigenvalue weighted by Gasteiger charge is 2.31. The van der Waals surface area contributed by atoms with Crippen molar-refractivity contribution in [2.75, 3.05) is 7.11 Å². The standard InChI is InChI=1S/C15H15N5O/c1-8-5-10-11(19-8)6-16-14(20-10)12-13(9-3-4-9)17-7-18-15(12)21-2/h5-7,9,19H,3-4H2,1-2H3. The molecule has 0 atom stereocenters. The lowest BCUT2D eigenvalue weighted by Crippen LogP contribution is -2.01. The number of aromatic amines is 1. The topological polar surface area (TPSA) is 76.6 Å². The van der Waals surface area contributed by atoms with Gasteiger partial charge in [0.2, 0.25) is 5.88 Å². The second-order valence-corrected chi connectivity index (χ2v) is 5.36. The molecule has 0 radical (unpaired) electrons. The van der Waals surface area contributed by atoms with Gasteiger partial charge in [0.05, 0.1) is 30.0 Å². The van der Waals surface area contributed by atoms with Gasteiger partial charge < -0.3 is 9.72 Å². The molecule has 0 aliphatic heterocycles. The summed E-state index contributed by atoms with van der Waals surface area (Å²) in [6.45, 7) is 2.00. The van der Waals surface area contributed by atoms with E-state index in [1.54, 1.807) is 19.6 Å². The minimum Gasteiger partial charge on any atom is -0.480 e. The van der Waals surface area contributed by atoms with Crippen LogP contribution < -0.4 is 4.74 Å². The lowest BCUT2D eigenvalue weighted by atomic mass is 10.1. The summed E-state index contributed by atoms with van der Waals surface area (Å²) >= 11 is 0. The Morgan fingerprint density at radius 3 is 2.86 bits per heavy atom. The van der Waals surface area contributed by atoms with Gasteiger partial charge in [0, 0.05) is 11.6 Å². The molecule has 0 saturated heterocycles. The molecule has 0 unspecified atom stereocenters. The molecule has 1 saturated carbocycles. The fourth-order valence-electron chi connectivity index (χ4n) is 2.59. The minimum atomic E-state index is 0.476. The van der Waals surface area contributed by atoms with Gasteiger partial charge in [-0.1, -0.05) is 0 Å². The molecule has 0 spiro atoms. The Morgan fingerprint density at radius 1 is 1.24 bits per heavy atom. The molecule has 0 amide bonds. The third kappa shape index (κ3) is 2.03. The van der Waals surface area contributed by atoms with Crippen molar-refractivity contribution in [3.63, 3.8) is 0 Å².